The van der Waals surface area contributed by atoms with E-state index < -0.39 is 0 Å². The van der Waals surface area contributed by atoms with Gasteiger partial charge in [0.05, 0.1) is 11.0 Å². The van der Waals surface area contributed by atoms with Crippen molar-refractivity contribution in [1.82, 2.24) is 4.57 Å². The van der Waals surface area contributed by atoms with Gasteiger partial charge in [0.15, 0.2) is 0 Å². The van der Waals surface area contributed by atoms with Crippen LogP contribution in [0.25, 0.3) is 82.8 Å². The van der Waals surface area contributed by atoms with Gasteiger partial charge < -0.3 is 4.57 Å². The molecule has 0 N–H and O–H groups in total. The van der Waals surface area contributed by atoms with Crippen molar-refractivity contribution in [3.8, 4) is 50.2 Å². The lowest BCUT2D eigenvalue weighted by Gasteiger charge is -2.22. The fraction of sp³-hybridized carbons (Fsp3) is 0.0333. The maximum atomic E-state index is 2.54. The molecular weight excluding hydrogens is 735 g/mol. The molecule has 0 atom stereocenters. The van der Waals surface area contributed by atoms with Crippen molar-refractivity contribution < 1.29 is 0 Å². The molecule has 0 spiro atoms. The number of aromatic nitrogens is 1. The van der Waals surface area contributed by atoms with Crippen LogP contribution >= 0.6 is 0 Å². The van der Waals surface area contributed by atoms with Crippen LogP contribution in [-0.4, -0.2) is 4.57 Å². The van der Waals surface area contributed by atoms with E-state index in [4.69, 9.17) is 0 Å². The summed E-state index contributed by atoms with van der Waals surface area (Å²) >= 11 is 0. The highest BCUT2D eigenvalue weighted by molar-refractivity contribution is 6.10. The van der Waals surface area contributed by atoms with Crippen LogP contribution in [0.3, 0.4) is 0 Å². The molecule has 1 nitrogen and oxygen atoms in total. The second-order valence-corrected chi connectivity index (χ2v) is 16.7. The van der Waals surface area contributed by atoms with Gasteiger partial charge in [-0.15, -0.1) is 0 Å². The summed E-state index contributed by atoms with van der Waals surface area (Å²) < 4.78 is 2.54. The summed E-state index contributed by atoms with van der Waals surface area (Å²) in [6.07, 6.45) is 0. The van der Waals surface area contributed by atoms with E-state index in [1.165, 1.54) is 110 Å². The van der Waals surface area contributed by atoms with E-state index in [2.05, 4.69) is 229 Å². The molecule has 1 aromatic heterocycles. The van der Waals surface area contributed by atoms with Gasteiger partial charge in [-0.3, -0.25) is 0 Å². The summed E-state index contributed by atoms with van der Waals surface area (Å²) in [5.74, 6) is 0.0897. The van der Waals surface area contributed by atoms with E-state index in [0.717, 1.165) is 5.69 Å². The van der Waals surface area contributed by atoms with Gasteiger partial charge in [0.25, 0.3) is 0 Å². The first-order chi connectivity index (χ1) is 30.3. The van der Waals surface area contributed by atoms with Crippen molar-refractivity contribution in [2.45, 2.75) is 11.8 Å². The lowest BCUT2D eigenvalue weighted by Crippen LogP contribution is -2.06. The smallest absolute Gasteiger partial charge is 0.0544 e. The second-order valence-electron chi connectivity index (χ2n) is 16.7. The first-order valence-electron chi connectivity index (χ1n) is 21.4. The fourth-order valence-electron chi connectivity index (χ4n) is 10.9. The van der Waals surface area contributed by atoms with Gasteiger partial charge in [0.2, 0.25) is 0 Å². The monoisotopic (exact) mass is 773 g/mol. The molecule has 2 aliphatic rings. The van der Waals surface area contributed by atoms with Crippen molar-refractivity contribution in [3.63, 3.8) is 0 Å². The van der Waals surface area contributed by atoms with Crippen molar-refractivity contribution in [1.29, 1.82) is 0 Å². The average Bonchev–Trinajstić information content (AvgIpc) is 3.50. The van der Waals surface area contributed by atoms with Crippen LogP contribution in [0.2, 0.25) is 0 Å². The van der Waals surface area contributed by atoms with E-state index in [-0.39, 0.29) is 11.8 Å². The van der Waals surface area contributed by atoms with Gasteiger partial charge in [-0.1, -0.05) is 200 Å². The summed E-state index contributed by atoms with van der Waals surface area (Å²) in [4.78, 5) is 0. The number of hydrogen-bond acceptors (Lipinski definition) is 0. The van der Waals surface area contributed by atoms with Gasteiger partial charge in [-0.2, -0.15) is 0 Å². The molecule has 61 heavy (non-hydrogen) atoms. The van der Waals surface area contributed by atoms with E-state index in [1.807, 2.05) is 0 Å². The van der Waals surface area contributed by atoms with Crippen LogP contribution in [0.1, 0.15) is 45.2 Å². The first-order valence-corrected chi connectivity index (χ1v) is 21.4. The van der Waals surface area contributed by atoms with Crippen molar-refractivity contribution in [2.24, 2.45) is 0 Å². The molecule has 10 aromatic carbocycles. The molecule has 0 radical (unpaired) electrons. The van der Waals surface area contributed by atoms with E-state index in [0.29, 0.717) is 0 Å². The molecule has 0 saturated carbocycles. The van der Waals surface area contributed by atoms with Gasteiger partial charge >= 0.3 is 0 Å². The molecule has 0 aliphatic heterocycles. The minimum atomic E-state index is 0.0449. The Morgan fingerprint density at radius 2 is 0.607 bits per heavy atom. The molecule has 1 heterocycles. The molecular formula is C60H39N. The van der Waals surface area contributed by atoms with Crippen molar-refractivity contribution in [3.05, 3.63) is 258 Å². The van der Waals surface area contributed by atoms with Crippen LogP contribution in [0.15, 0.2) is 224 Å². The van der Waals surface area contributed by atoms with Gasteiger partial charge in [-0.05, 0) is 113 Å². The summed E-state index contributed by atoms with van der Waals surface area (Å²) in [5, 5.41) is 4.99. The van der Waals surface area contributed by atoms with Gasteiger partial charge in [-0.25, -0.2) is 0 Å². The zero-order valence-electron chi connectivity index (χ0n) is 33.5. The van der Waals surface area contributed by atoms with E-state index in [9.17, 15) is 0 Å². The lowest BCUT2D eigenvalue weighted by molar-refractivity contribution is 0.985. The van der Waals surface area contributed by atoms with Crippen LogP contribution in [0.4, 0.5) is 0 Å². The van der Waals surface area contributed by atoms with E-state index in [1.54, 1.807) is 0 Å². The minimum Gasteiger partial charge on any atom is -0.309 e. The van der Waals surface area contributed by atoms with Crippen LogP contribution in [-0.2, 0) is 0 Å². The number of rotatable bonds is 3. The Morgan fingerprint density at radius 1 is 0.262 bits per heavy atom. The quantitative estimate of drug-likeness (QED) is 0.169. The van der Waals surface area contributed by atoms with Gasteiger partial charge in [0.1, 0.15) is 0 Å². The first kappa shape index (κ1) is 34.2. The Balaban J connectivity index is 1.09. The second kappa shape index (κ2) is 13.4. The highest BCUT2D eigenvalue weighted by atomic mass is 15.0. The highest BCUT2D eigenvalue weighted by Gasteiger charge is 2.31. The summed E-state index contributed by atoms with van der Waals surface area (Å²) in [7, 11) is 0. The lowest BCUT2D eigenvalue weighted by atomic mass is 9.81. The topological polar surface area (TPSA) is 4.93 Å². The maximum absolute atomic E-state index is 2.54. The summed E-state index contributed by atoms with van der Waals surface area (Å²) in [6.45, 7) is 0. The average molecular weight is 774 g/mol. The predicted octanol–water partition coefficient (Wildman–Crippen LogP) is 15.6. The maximum Gasteiger partial charge on any atom is 0.0544 e. The highest BCUT2D eigenvalue weighted by Crippen LogP contribution is 2.51. The largest absolute Gasteiger partial charge is 0.309 e. The molecule has 0 amide bonds. The molecule has 0 unspecified atom stereocenters. The Morgan fingerprint density at radius 3 is 1.02 bits per heavy atom. The SMILES string of the molecule is c1ccc2c(c1)-c1ccccc1C(c1ccc3c4ccc(C5c6ccccc6-c6ccccc6-c6ccccc65)cc4n(-c4ccc5ccccc5c4)c3c1)c1ccccc1-2. The number of nitrogens with zero attached hydrogens (tertiary/aromatic N) is 1. The standard InChI is InChI=1S/C60H39N/c1-2-16-39-35-42(32-29-38(39)15-1)61-57-36-40(59-53-25-11-7-21-47(53)43-17-3-4-18-44(43)48-22-8-12-26-54(48)59)30-33-51(57)52-34-31-41(37-58(52)61)60-55-27-13-9-23-49(55)45-19-5-6-20-46(45)50-24-10-14-28-56(50)60/h1-37,59-60H. The third-order valence-corrected chi connectivity index (χ3v) is 13.6. The third kappa shape index (κ3) is 5.14. The fourth-order valence-corrected chi connectivity index (χ4v) is 10.9. The van der Waals surface area contributed by atoms with Crippen LogP contribution in [0.5, 0.6) is 0 Å². The molecule has 0 fully saturated rings. The number of hydrogen-bond donors (Lipinski definition) is 0. The molecule has 13 rings (SSSR count). The molecule has 2 aliphatic carbocycles. The van der Waals surface area contributed by atoms with Crippen molar-refractivity contribution >= 4 is 32.6 Å². The molecule has 0 saturated heterocycles. The third-order valence-electron chi connectivity index (χ3n) is 13.6. The van der Waals surface area contributed by atoms with Crippen molar-refractivity contribution in [2.75, 3.05) is 0 Å². The van der Waals surface area contributed by atoms with Crippen LogP contribution < -0.4 is 0 Å². The minimum absolute atomic E-state index is 0.0449. The summed E-state index contributed by atoms with van der Waals surface area (Å²) in [6, 6.07) is 84.2. The molecule has 284 valence electrons. The van der Waals surface area contributed by atoms with Crippen LogP contribution in [0, 0.1) is 0 Å². The number of fused-ring (bicyclic) bond motifs is 14. The zero-order chi connectivity index (χ0) is 40.0. The van der Waals surface area contributed by atoms with Gasteiger partial charge in [0, 0.05) is 28.3 Å². The summed E-state index contributed by atoms with van der Waals surface area (Å²) in [5.41, 5.74) is 21.8. The Hall–Kier alpha value is -7.74. The zero-order valence-corrected chi connectivity index (χ0v) is 33.5. The predicted molar refractivity (Wildman–Crippen MR) is 255 cm³/mol. The normalized spacial score (nSPS) is 13.1. The Bertz CT molecular complexity index is 3240. The molecule has 0 bridgehead atoms. The Kier molecular flexibility index (Phi) is 7.50. The molecule has 11 aromatic rings. The molecule has 1 heteroatoms. The van der Waals surface area contributed by atoms with E-state index >= 15 is 0 Å². The number of benzene rings is 10. The Labute approximate surface area is 355 Å².